The van der Waals surface area contributed by atoms with Gasteiger partial charge in [0.25, 0.3) is 0 Å². The van der Waals surface area contributed by atoms with Gasteiger partial charge in [0.1, 0.15) is 6.04 Å². The molecule has 0 rings (SSSR count). The molecule has 0 aliphatic heterocycles. The minimum atomic E-state index is -4.61. The van der Waals surface area contributed by atoms with E-state index in [0.717, 1.165) is 19.3 Å². The molecule has 0 aromatic rings. The van der Waals surface area contributed by atoms with Gasteiger partial charge in [-0.05, 0) is 6.42 Å². The molecule has 150 valence electrons. The Bertz CT molecular complexity index is 336. The molecule has 0 radical (unpaired) electrons. The van der Waals surface area contributed by atoms with E-state index in [-0.39, 0.29) is 0 Å². The molecular formula is C18H39NO5P+. The Morgan fingerprint density at radius 1 is 0.800 bits per heavy atom. The Hall–Kier alpha value is -0.100. The van der Waals surface area contributed by atoms with E-state index >= 15 is 0 Å². The summed E-state index contributed by atoms with van der Waals surface area (Å²) in [5.41, 5.74) is 4.17. The van der Waals surface area contributed by atoms with Crippen molar-refractivity contribution in [3.63, 3.8) is 0 Å². The smallest absolute Gasteiger partial charge is 0.391 e. The highest BCUT2D eigenvalue weighted by Gasteiger charge is 2.48. The third-order valence-electron chi connectivity index (χ3n) is 4.60. The Labute approximate surface area is 153 Å². The second-order valence-corrected chi connectivity index (χ2v) is 8.61. The summed E-state index contributed by atoms with van der Waals surface area (Å²) in [4.78, 5) is 38.0. The minimum absolute atomic E-state index is 0.324. The predicted octanol–water partition coefficient (Wildman–Crippen LogP) is 3.42. The lowest BCUT2D eigenvalue weighted by Crippen LogP contribution is -2.42. The Kier molecular flexibility index (Phi) is 14.9. The number of nitrogens with two attached hydrogens (primary N) is 1. The van der Waals surface area contributed by atoms with Gasteiger partial charge in [-0.25, -0.2) is 4.79 Å². The number of aliphatic hydroxyl groups excluding tert-OH is 1. The summed E-state index contributed by atoms with van der Waals surface area (Å²) in [7, 11) is -4.61. The van der Waals surface area contributed by atoms with E-state index in [1.807, 2.05) is 0 Å². The van der Waals surface area contributed by atoms with E-state index < -0.39 is 25.6 Å². The molecule has 0 aliphatic rings. The lowest BCUT2D eigenvalue weighted by molar-refractivity contribution is -0.117. The van der Waals surface area contributed by atoms with Crippen molar-refractivity contribution in [2.75, 3.05) is 0 Å². The number of rotatable bonds is 17. The largest absolute Gasteiger partial charge is 0.480 e. The highest BCUT2D eigenvalue weighted by atomic mass is 31.2. The highest BCUT2D eigenvalue weighted by molar-refractivity contribution is 7.76. The van der Waals surface area contributed by atoms with Crippen molar-refractivity contribution in [2.24, 2.45) is 5.73 Å². The zero-order chi connectivity index (χ0) is 19.1. The van der Waals surface area contributed by atoms with Crippen LogP contribution in [0.5, 0.6) is 0 Å². The standard InChI is InChI=1S/C18H39NO5P/c1-2-3-4-5-6-7-8-9-10-11-12-13-14-15-16(20)17(19)18(21)25(22,23)24/h16-17,20,22-24H,2-15,19H2,1H3/q+1. The number of hydrogen-bond acceptors (Lipinski definition) is 6. The summed E-state index contributed by atoms with van der Waals surface area (Å²) in [5, 5.41) is 9.77. The van der Waals surface area contributed by atoms with Gasteiger partial charge in [-0.2, -0.15) is 14.7 Å². The van der Waals surface area contributed by atoms with Crippen LogP contribution < -0.4 is 5.73 Å². The minimum Gasteiger partial charge on any atom is -0.391 e. The summed E-state index contributed by atoms with van der Waals surface area (Å²) in [6, 6.07) is -1.44. The molecule has 6 N–H and O–H groups in total. The third-order valence-corrected chi connectivity index (χ3v) is 5.49. The number of carbonyl (C=O) groups is 1. The van der Waals surface area contributed by atoms with Gasteiger partial charge in [0.05, 0.1) is 6.10 Å². The van der Waals surface area contributed by atoms with Gasteiger partial charge in [0.2, 0.25) is 0 Å². The van der Waals surface area contributed by atoms with Crippen molar-refractivity contribution < 1.29 is 24.6 Å². The van der Waals surface area contributed by atoms with Crippen LogP contribution in [0.25, 0.3) is 0 Å². The van der Waals surface area contributed by atoms with Crippen LogP contribution in [0.4, 0.5) is 0 Å². The molecule has 0 fully saturated rings. The number of hydrogen-bond donors (Lipinski definition) is 5. The maximum absolute atomic E-state index is 11.4. The highest BCUT2D eigenvalue weighted by Crippen LogP contribution is 2.46. The van der Waals surface area contributed by atoms with Crippen LogP contribution >= 0.6 is 7.94 Å². The van der Waals surface area contributed by atoms with Crippen molar-refractivity contribution >= 4 is 13.5 Å². The van der Waals surface area contributed by atoms with Gasteiger partial charge in [-0.3, -0.25) is 0 Å². The van der Waals surface area contributed by atoms with Crippen LogP contribution in [0.15, 0.2) is 0 Å². The van der Waals surface area contributed by atoms with E-state index in [2.05, 4.69) is 6.92 Å². The van der Waals surface area contributed by atoms with Crippen LogP contribution in [0.3, 0.4) is 0 Å². The Morgan fingerprint density at radius 2 is 1.16 bits per heavy atom. The van der Waals surface area contributed by atoms with Crippen LogP contribution in [-0.2, 0) is 4.79 Å². The second kappa shape index (κ2) is 15.0. The fraction of sp³-hybridized carbons (Fsp3) is 0.944. The molecular weight excluding hydrogens is 341 g/mol. The molecule has 6 nitrogen and oxygen atoms in total. The zero-order valence-corrected chi connectivity index (χ0v) is 16.7. The first-order valence-corrected chi connectivity index (χ1v) is 11.5. The van der Waals surface area contributed by atoms with Gasteiger partial charge >= 0.3 is 13.5 Å². The van der Waals surface area contributed by atoms with Crippen LogP contribution in [0, 0.1) is 0 Å². The summed E-state index contributed by atoms with van der Waals surface area (Å²) in [6.45, 7) is 2.24. The summed E-state index contributed by atoms with van der Waals surface area (Å²) in [5.74, 6) is 0. The quantitative estimate of drug-likeness (QED) is 0.195. The number of carbonyl (C=O) groups excluding carboxylic acids is 1. The first-order valence-electron chi connectivity index (χ1n) is 9.86. The normalized spacial score (nSPS) is 14.5. The van der Waals surface area contributed by atoms with Crippen LogP contribution in [0.1, 0.15) is 96.8 Å². The SMILES string of the molecule is CCCCCCCCCCCCCCCC(O)C(N)C(=O)[P+](O)(O)O. The van der Waals surface area contributed by atoms with Crippen molar-refractivity contribution in [1.82, 2.24) is 0 Å². The molecule has 0 aliphatic carbocycles. The summed E-state index contributed by atoms with van der Waals surface area (Å²) < 4.78 is 0. The monoisotopic (exact) mass is 380 g/mol. The number of aliphatic hydroxyl groups is 1. The van der Waals surface area contributed by atoms with Crippen LogP contribution in [0.2, 0.25) is 0 Å². The molecule has 0 saturated carbocycles. The van der Waals surface area contributed by atoms with Crippen LogP contribution in [-0.4, -0.2) is 37.5 Å². The van der Waals surface area contributed by atoms with Gasteiger partial charge < -0.3 is 10.8 Å². The third kappa shape index (κ3) is 13.7. The Morgan fingerprint density at radius 3 is 1.52 bits per heavy atom. The average molecular weight is 380 g/mol. The molecule has 0 amide bonds. The predicted molar refractivity (Wildman–Crippen MR) is 103 cm³/mol. The molecule has 0 bridgehead atoms. The van der Waals surface area contributed by atoms with Crippen molar-refractivity contribution in [3.8, 4) is 0 Å². The molecule has 2 atom stereocenters. The molecule has 0 saturated heterocycles. The molecule has 0 heterocycles. The summed E-state index contributed by atoms with van der Waals surface area (Å²) >= 11 is 0. The van der Waals surface area contributed by atoms with Crippen molar-refractivity contribution in [1.29, 1.82) is 0 Å². The molecule has 25 heavy (non-hydrogen) atoms. The van der Waals surface area contributed by atoms with Gasteiger partial charge in [0, 0.05) is 0 Å². The average Bonchev–Trinajstić information content (AvgIpc) is 2.56. The fourth-order valence-corrected chi connectivity index (χ4v) is 3.49. The lowest BCUT2D eigenvalue weighted by atomic mass is 10.0. The molecule has 0 aromatic heterocycles. The zero-order valence-electron chi connectivity index (χ0n) is 15.8. The van der Waals surface area contributed by atoms with E-state index in [1.165, 1.54) is 64.2 Å². The molecule has 7 heteroatoms. The van der Waals surface area contributed by atoms with E-state index in [0.29, 0.717) is 6.42 Å². The van der Waals surface area contributed by atoms with Crippen molar-refractivity contribution in [3.05, 3.63) is 0 Å². The number of unbranched alkanes of at least 4 members (excludes halogenated alkanes) is 12. The molecule has 2 unspecified atom stereocenters. The second-order valence-electron chi connectivity index (χ2n) is 7.03. The topological polar surface area (TPSA) is 124 Å². The summed E-state index contributed by atoms with van der Waals surface area (Å²) in [6.07, 6.45) is 15.0. The fourth-order valence-electron chi connectivity index (χ4n) is 2.92. The first-order chi connectivity index (χ1) is 11.8. The maximum Gasteiger partial charge on any atom is 0.480 e. The van der Waals surface area contributed by atoms with E-state index in [1.54, 1.807) is 0 Å². The van der Waals surface area contributed by atoms with Gasteiger partial charge in [0.15, 0.2) is 0 Å². The van der Waals surface area contributed by atoms with Crippen molar-refractivity contribution in [2.45, 2.75) is 109 Å². The Balaban J connectivity index is 3.45. The van der Waals surface area contributed by atoms with E-state index in [9.17, 15) is 9.90 Å². The van der Waals surface area contributed by atoms with Gasteiger partial charge in [-0.15, -0.1) is 0 Å². The maximum atomic E-state index is 11.4. The van der Waals surface area contributed by atoms with E-state index in [4.69, 9.17) is 20.4 Å². The first kappa shape index (κ1) is 24.9. The van der Waals surface area contributed by atoms with Gasteiger partial charge in [-0.1, -0.05) is 90.4 Å². The molecule has 0 spiro atoms. The lowest BCUT2D eigenvalue weighted by Gasteiger charge is -2.16. The molecule has 0 aromatic carbocycles.